The number of aliphatic hydroxyl groups is 1. The van der Waals surface area contributed by atoms with Gasteiger partial charge in [0.15, 0.2) is 0 Å². The molecule has 0 aliphatic carbocycles. The van der Waals surface area contributed by atoms with Gasteiger partial charge in [0.1, 0.15) is 12.7 Å². The molecule has 0 radical (unpaired) electrons. The molecule has 15 heavy (non-hydrogen) atoms. The third-order valence-electron chi connectivity index (χ3n) is 1.28. The second-order valence-electron chi connectivity index (χ2n) is 2.75. The molecule has 0 saturated carbocycles. The van der Waals surface area contributed by atoms with Crippen molar-refractivity contribution in [1.82, 2.24) is 4.98 Å². The van der Waals surface area contributed by atoms with E-state index in [1.807, 2.05) is 0 Å². The van der Waals surface area contributed by atoms with Gasteiger partial charge in [-0.1, -0.05) is 11.3 Å². The lowest BCUT2D eigenvalue weighted by Crippen LogP contribution is -2.24. The maximum Gasteiger partial charge on any atom is 0.273 e. The lowest BCUT2D eigenvalue weighted by molar-refractivity contribution is 0.0651. The molecule has 0 saturated heterocycles. The first-order valence-electron chi connectivity index (χ1n) is 4.02. The van der Waals surface area contributed by atoms with Crippen LogP contribution in [0.3, 0.4) is 0 Å². The first kappa shape index (κ1) is 12.4. The molecule has 6 nitrogen and oxygen atoms in total. The SMILES string of the molecule is CS(=O)(=O)OCC(O)COc1nccs1. The Morgan fingerprint density at radius 3 is 2.87 bits per heavy atom. The van der Waals surface area contributed by atoms with Crippen LogP contribution < -0.4 is 4.74 Å². The maximum absolute atomic E-state index is 10.6. The van der Waals surface area contributed by atoms with Crippen molar-refractivity contribution in [3.8, 4) is 5.19 Å². The van der Waals surface area contributed by atoms with E-state index in [1.54, 1.807) is 11.6 Å². The van der Waals surface area contributed by atoms with Crippen molar-refractivity contribution in [3.05, 3.63) is 11.6 Å². The fourth-order valence-electron chi connectivity index (χ4n) is 0.699. The predicted molar refractivity (Wildman–Crippen MR) is 54.4 cm³/mol. The summed E-state index contributed by atoms with van der Waals surface area (Å²) in [6, 6.07) is 0. The fourth-order valence-corrected chi connectivity index (χ4v) is 1.60. The van der Waals surface area contributed by atoms with Gasteiger partial charge in [-0.2, -0.15) is 8.42 Å². The van der Waals surface area contributed by atoms with E-state index in [-0.39, 0.29) is 13.2 Å². The number of aliphatic hydroxyl groups excluding tert-OH is 1. The molecule has 1 rings (SSSR count). The highest BCUT2D eigenvalue weighted by Gasteiger charge is 2.10. The van der Waals surface area contributed by atoms with Gasteiger partial charge < -0.3 is 9.84 Å². The van der Waals surface area contributed by atoms with Gasteiger partial charge in [-0.05, 0) is 0 Å². The van der Waals surface area contributed by atoms with E-state index in [2.05, 4.69) is 9.17 Å². The summed E-state index contributed by atoms with van der Waals surface area (Å²) in [4.78, 5) is 3.82. The largest absolute Gasteiger partial charge is 0.467 e. The van der Waals surface area contributed by atoms with Crippen LogP contribution in [0, 0.1) is 0 Å². The van der Waals surface area contributed by atoms with Gasteiger partial charge in [-0.25, -0.2) is 4.98 Å². The number of ether oxygens (including phenoxy) is 1. The van der Waals surface area contributed by atoms with Gasteiger partial charge in [0.25, 0.3) is 15.3 Å². The highest BCUT2D eigenvalue weighted by molar-refractivity contribution is 7.85. The number of thiazole rings is 1. The third-order valence-corrected chi connectivity index (χ3v) is 2.53. The number of aromatic nitrogens is 1. The van der Waals surface area contributed by atoms with Crippen molar-refractivity contribution < 1.29 is 22.4 Å². The molecule has 0 aliphatic heterocycles. The van der Waals surface area contributed by atoms with E-state index in [1.165, 1.54) is 11.3 Å². The van der Waals surface area contributed by atoms with E-state index in [4.69, 9.17) is 4.74 Å². The predicted octanol–water partition coefficient (Wildman–Crippen LogP) is -0.141. The number of nitrogens with zero attached hydrogens (tertiary/aromatic N) is 1. The van der Waals surface area contributed by atoms with Crippen LogP contribution >= 0.6 is 11.3 Å². The number of hydrogen-bond donors (Lipinski definition) is 1. The van der Waals surface area contributed by atoms with Crippen molar-refractivity contribution in [2.45, 2.75) is 6.10 Å². The molecule has 1 atom stereocenters. The van der Waals surface area contributed by atoms with E-state index in [9.17, 15) is 13.5 Å². The summed E-state index contributed by atoms with van der Waals surface area (Å²) in [5.74, 6) is 0. The van der Waals surface area contributed by atoms with E-state index in [0.717, 1.165) is 6.26 Å². The summed E-state index contributed by atoms with van der Waals surface area (Å²) in [7, 11) is -3.52. The minimum atomic E-state index is -3.52. The molecule has 0 aromatic carbocycles. The first-order chi connectivity index (χ1) is 6.97. The third kappa shape index (κ3) is 5.67. The van der Waals surface area contributed by atoms with Crippen LogP contribution in [0.2, 0.25) is 0 Å². The van der Waals surface area contributed by atoms with Crippen molar-refractivity contribution in [2.75, 3.05) is 19.5 Å². The molecule has 1 aromatic heterocycles. The molecular weight excluding hydrogens is 242 g/mol. The second kappa shape index (κ2) is 5.40. The monoisotopic (exact) mass is 253 g/mol. The highest BCUT2D eigenvalue weighted by Crippen LogP contribution is 2.13. The zero-order chi connectivity index (χ0) is 11.3. The standard InChI is InChI=1S/C7H11NO5S2/c1-15(10,11)13-5-6(9)4-12-7-8-2-3-14-7/h2-3,6,9H,4-5H2,1H3. The molecule has 0 aliphatic rings. The Morgan fingerprint density at radius 1 is 1.60 bits per heavy atom. The summed E-state index contributed by atoms with van der Waals surface area (Å²) in [6.45, 7) is -0.368. The molecule has 0 bridgehead atoms. The molecule has 1 aromatic rings. The van der Waals surface area contributed by atoms with Crippen LogP contribution in [0.25, 0.3) is 0 Å². The van der Waals surface area contributed by atoms with Crippen molar-refractivity contribution in [1.29, 1.82) is 0 Å². The Kier molecular flexibility index (Phi) is 4.45. The van der Waals surface area contributed by atoms with E-state index >= 15 is 0 Å². The summed E-state index contributed by atoms with van der Waals surface area (Å²) < 4.78 is 30.6. The summed E-state index contributed by atoms with van der Waals surface area (Å²) in [6.07, 6.45) is 1.49. The smallest absolute Gasteiger partial charge is 0.273 e. The summed E-state index contributed by atoms with van der Waals surface area (Å²) >= 11 is 1.29. The summed E-state index contributed by atoms with van der Waals surface area (Å²) in [5, 5.41) is 11.4. The average molecular weight is 253 g/mol. The number of rotatable bonds is 6. The molecule has 0 spiro atoms. The van der Waals surface area contributed by atoms with Crippen LogP contribution in [-0.2, 0) is 14.3 Å². The van der Waals surface area contributed by atoms with Gasteiger partial charge in [0.05, 0.1) is 12.9 Å². The first-order valence-corrected chi connectivity index (χ1v) is 6.72. The molecule has 1 heterocycles. The Balaban J connectivity index is 2.22. The fraction of sp³-hybridized carbons (Fsp3) is 0.571. The Bertz CT molecular complexity index is 374. The zero-order valence-electron chi connectivity index (χ0n) is 7.99. The van der Waals surface area contributed by atoms with E-state index in [0.29, 0.717) is 5.19 Å². The van der Waals surface area contributed by atoms with Crippen LogP contribution in [0.4, 0.5) is 0 Å². The van der Waals surface area contributed by atoms with Gasteiger partial charge in [-0.15, -0.1) is 0 Å². The van der Waals surface area contributed by atoms with Gasteiger partial charge in [0.2, 0.25) is 0 Å². The van der Waals surface area contributed by atoms with Crippen LogP contribution in [-0.4, -0.2) is 44.1 Å². The minimum absolute atomic E-state index is 0.0525. The van der Waals surface area contributed by atoms with Crippen LogP contribution in [0.15, 0.2) is 11.6 Å². The molecular formula is C7H11NO5S2. The Labute approximate surface area is 91.6 Å². The van der Waals surface area contributed by atoms with Gasteiger partial charge in [-0.3, -0.25) is 4.18 Å². The van der Waals surface area contributed by atoms with Crippen molar-refractivity contribution in [3.63, 3.8) is 0 Å². The topological polar surface area (TPSA) is 85.7 Å². The zero-order valence-corrected chi connectivity index (χ0v) is 9.62. The molecule has 0 fully saturated rings. The lowest BCUT2D eigenvalue weighted by atomic mass is 10.4. The van der Waals surface area contributed by atoms with Gasteiger partial charge >= 0.3 is 0 Å². The molecule has 86 valence electrons. The lowest BCUT2D eigenvalue weighted by Gasteiger charge is -2.09. The van der Waals surface area contributed by atoms with Crippen LogP contribution in [0.5, 0.6) is 5.19 Å². The Hall–Kier alpha value is -0.700. The Morgan fingerprint density at radius 2 is 2.33 bits per heavy atom. The van der Waals surface area contributed by atoms with E-state index < -0.39 is 16.2 Å². The normalized spacial score (nSPS) is 13.7. The van der Waals surface area contributed by atoms with Crippen LogP contribution in [0.1, 0.15) is 0 Å². The second-order valence-corrected chi connectivity index (χ2v) is 5.25. The molecule has 1 N–H and O–H groups in total. The molecule has 1 unspecified atom stereocenters. The van der Waals surface area contributed by atoms with Crippen molar-refractivity contribution in [2.24, 2.45) is 0 Å². The average Bonchev–Trinajstić information content (AvgIpc) is 2.62. The van der Waals surface area contributed by atoms with Crippen molar-refractivity contribution >= 4 is 21.5 Å². The highest BCUT2D eigenvalue weighted by atomic mass is 32.2. The minimum Gasteiger partial charge on any atom is -0.467 e. The number of hydrogen-bond acceptors (Lipinski definition) is 7. The molecule has 0 amide bonds. The quantitative estimate of drug-likeness (QED) is 0.710. The summed E-state index contributed by atoms with van der Waals surface area (Å²) in [5.41, 5.74) is 0. The molecule has 8 heteroatoms. The maximum atomic E-state index is 10.6. The van der Waals surface area contributed by atoms with Gasteiger partial charge in [0, 0.05) is 11.6 Å².